The van der Waals surface area contributed by atoms with Gasteiger partial charge in [0, 0.05) is 47.7 Å². The van der Waals surface area contributed by atoms with Crippen molar-refractivity contribution in [2.45, 2.75) is 0 Å². The Labute approximate surface area is 174 Å². The summed E-state index contributed by atoms with van der Waals surface area (Å²) in [5.74, 6) is 0.972. The van der Waals surface area contributed by atoms with Gasteiger partial charge in [0.1, 0.15) is 11.7 Å². The van der Waals surface area contributed by atoms with Gasteiger partial charge < -0.3 is 21.3 Å². The van der Waals surface area contributed by atoms with Crippen LogP contribution >= 0.6 is 0 Å². The largest absolute Gasteiger partial charge is 0.368 e. The van der Waals surface area contributed by atoms with Crippen molar-refractivity contribution in [2.75, 3.05) is 36.8 Å². The molecule has 2 aliphatic rings. The number of nitrogens with zero attached hydrogens (tertiary/aromatic N) is 2. The van der Waals surface area contributed by atoms with Gasteiger partial charge >= 0.3 is 0 Å². The fraction of sp³-hybridized carbons (Fsp3) is 0.182. The van der Waals surface area contributed by atoms with Gasteiger partial charge in [-0.2, -0.15) is 0 Å². The molecule has 2 aromatic rings. The van der Waals surface area contributed by atoms with Gasteiger partial charge in [0.15, 0.2) is 0 Å². The molecule has 0 saturated heterocycles. The molecule has 30 heavy (non-hydrogen) atoms. The molecular weight excluding hydrogens is 380 g/mol. The highest BCUT2D eigenvalue weighted by atomic mass is 16.2. The predicted molar refractivity (Wildman–Crippen MR) is 118 cm³/mol. The maximum Gasteiger partial charge on any atom is 0.248 e. The topological polar surface area (TPSA) is 107 Å². The number of hydrogen-bond acceptors (Lipinski definition) is 6. The van der Waals surface area contributed by atoms with Crippen molar-refractivity contribution in [1.82, 2.24) is 10.6 Å². The minimum absolute atomic E-state index is 0.380. The van der Waals surface area contributed by atoms with Crippen LogP contribution in [0.3, 0.4) is 0 Å². The molecule has 0 saturated carbocycles. The van der Waals surface area contributed by atoms with E-state index in [1.165, 1.54) is 12.2 Å². The molecule has 0 aliphatic carbocycles. The summed E-state index contributed by atoms with van der Waals surface area (Å²) in [7, 11) is 0. The number of amides is 2. The van der Waals surface area contributed by atoms with Gasteiger partial charge in [0.25, 0.3) is 0 Å². The molecule has 0 aromatic heterocycles. The van der Waals surface area contributed by atoms with Gasteiger partial charge in [-0.3, -0.25) is 19.6 Å². The normalized spacial score (nSPS) is 15.2. The number of amidine groups is 2. The molecule has 8 heteroatoms. The highest BCUT2D eigenvalue weighted by Crippen LogP contribution is 2.12. The van der Waals surface area contributed by atoms with E-state index in [9.17, 15) is 9.59 Å². The van der Waals surface area contributed by atoms with Crippen molar-refractivity contribution in [3.8, 4) is 0 Å². The first-order chi connectivity index (χ1) is 14.7. The van der Waals surface area contributed by atoms with E-state index < -0.39 is 0 Å². The molecule has 2 aromatic carbocycles. The van der Waals surface area contributed by atoms with Crippen molar-refractivity contribution < 1.29 is 9.59 Å². The van der Waals surface area contributed by atoms with Gasteiger partial charge in [-0.1, -0.05) is 0 Å². The van der Waals surface area contributed by atoms with Crippen LogP contribution in [-0.2, 0) is 9.59 Å². The fourth-order valence-corrected chi connectivity index (χ4v) is 3.12. The summed E-state index contributed by atoms with van der Waals surface area (Å²) in [5, 5.41) is 11.9. The molecule has 2 amide bonds. The van der Waals surface area contributed by atoms with Crippen molar-refractivity contribution in [2.24, 2.45) is 9.98 Å². The zero-order valence-corrected chi connectivity index (χ0v) is 16.3. The lowest BCUT2D eigenvalue weighted by molar-refractivity contribution is -0.114. The number of hydrogen-bond donors (Lipinski definition) is 4. The standard InChI is InChI=1S/C22H22N6O2/c29-19(27-17-5-1-15(2-6-17)21-23-11-12-24-21)9-10-20(30)28-18-7-3-16(4-8-18)22-25-13-14-26-22/h1-10H,11-14H2,(H,23,24)(H,25,26)(H,27,29)(H,28,30). The van der Waals surface area contributed by atoms with Crippen molar-refractivity contribution >= 4 is 34.9 Å². The Balaban J connectivity index is 1.27. The van der Waals surface area contributed by atoms with Gasteiger partial charge in [-0.05, 0) is 48.5 Å². The minimum atomic E-state index is -0.380. The Morgan fingerprint density at radius 1 is 0.700 bits per heavy atom. The van der Waals surface area contributed by atoms with Gasteiger partial charge in [0.05, 0.1) is 13.1 Å². The summed E-state index contributed by atoms with van der Waals surface area (Å²) in [6, 6.07) is 14.8. The lowest BCUT2D eigenvalue weighted by Crippen LogP contribution is -2.19. The highest BCUT2D eigenvalue weighted by molar-refractivity contribution is 6.07. The summed E-state index contributed by atoms with van der Waals surface area (Å²) in [6.07, 6.45) is 2.41. The van der Waals surface area contributed by atoms with Crippen LogP contribution in [0.15, 0.2) is 70.7 Å². The second-order valence-electron chi connectivity index (χ2n) is 6.78. The number of nitrogens with one attached hydrogen (secondary N) is 4. The quantitative estimate of drug-likeness (QED) is 0.550. The van der Waals surface area contributed by atoms with E-state index in [0.717, 1.165) is 49.0 Å². The minimum Gasteiger partial charge on any atom is -0.368 e. The van der Waals surface area contributed by atoms with Crippen LogP contribution < -0.4 is 21.3 Å². The van der Waals surface area contributed by atoms with E-state index in [-0.39, 0.29) is 11.8 Å². The lowest BCUT2D eigenvalue weighted by atomic mass is 10.2. The van der Waals surface area contributed by atoms with Crippen LogP contribution in [0.2, 0.25) is 0 Å². The molecule has 8 nitrogen and oxygen atoms in total. The number of aliphatic imine (C=N–C) groups is 2. The van der Waals surface area contributed by atoms with Crippen LogP contribution in [0, 0.1) is 0 Å². The van der Waals surface area contributed by atoms with Crippen LogP contribution in [0.5, 0.6) is 0 Å². The Kier molecular flexibility index (Phi) is 5.84. The van der Waals surface area contributed by atoms with E-state index >= 15 is 0 Å². The molecule has 0 atom stereocenters. The maximum absolute atomic E-state index is 12.1. The molecule has 0 bridgehead atoms. The highest BCUT2D eigenvalue weighted by Gasteiger charge is 2.09. The maximum atomic E-state index is 12.1. The van der Waals surface area contributed by atoms with Crippen molar-refractivity contribution in [3.63, 3.8) is 0 Å². The van der Waals surface area contributed by atoms with Gasteiger partial charge in [-0.15, -0.1) is 0 Å². The molecule has 152 valence electrons. The summed E-state index contributed by atoms with van der Waals surface area (Å²) < 4.78 is 0. The Bertz CT molecular complexity index is 939. The number of benzene rings is 2. The molecule has 0 spiro atoms. The Morgan fingerprint density at radius 3 is 1.43 bits per heavy atom. The third-order valence-corrected chi connectivity index (χ3v) is 4.59. The molecular formula is C22H22N6O2. The SMILES string of the molecule is O=C(C=CC(=O)Nc1ccc(C2=NCCN2)cc1)Nc1ccc(C2=NCCN2)cc1. The second-order valence-corrected chi connectivity index (χ2v) is 6.78. The predicted octanol–water partition coefficient (Wildman–Crippen LogP) is 1.52. The average Bonchev–Trinajstić information content (AvgIpc) is 3.48. The fourth-order valence-electron chi connectivity index (χ4n) is 3.12. The van der Waals surface area contributed by atoms with E-state index in [1.807, 2.05) is 24.3 Å². The zero-order valence-electron chi connectivity index (χ0n) is 16.3. The number of rotatable bonds is 6. The van der Waals surface area contributed by atoms with Crippen LogP contribution in [0.4, 0.5) is 11.4 Å². The third kappa shape index (κ3) is 4.91. The van der Waals surface area contributed by atoms with Crippen LogP contribution in [0.1, 0.15) is 11.1 Å². The number of anilines is 2. The van der Waals surface area contributed by atoms with E-state index in [0.29, 0.717) is 11.4 Å². The molecule has 4 N–H and O–H groups in total. The van der Waals surface area contributed by atoms with Crippen molar-refractivity contribution in [3.05, 3.63) is 71.8 Å². The first-order valence-electron chi connectivity index (χ1n) is 9.75. The van der Waals surface area contributed by atoms with Gasteiger partial charge in [0.2, 0.25) is 11.8 Å². The molecule has 0 unspecified atom stereocenters. The molecule has 4 rings (SSSR count). The van der Waals surface area contributed by atoms with E-state index in [1.54, 1.807) is 24.3 Å². The summed E-state index contributed by atoms with van der Waals surface area (Å²) in [4.78, 5) is 32.9. The van der Waals surface area contributed by atoms with E-state index in [4.69, 9.17) is 0 Å². The summed E-state index contributed by atoms with van der Waals surface area (Å²) >= 11 is 0. The molecule has 2 aliphatic heterocycles. The number of carbonyl (C=O) groups is 2. The average molecular weight is 402 g/mol. The van der Waals surface area contributed by atoms with Crippen LogP contribution in [-0.4, -0.2) is 49.7 Å². The molecule has 0 fully saturated rings. The monoisotopic (exact) mass is 402 g/mol. The smallest absolute Gasteiger partial charge is 0.248 e. The van der Waals surface area contributed by atoms with E-state index in [2.05, 4.69) is 31.3 Å². The summed E-state index contributed by atoms with van der Waals surface area (Å²) in [5.41, 5.74) is 3.24. The lowest BCUT2D eigenvalue weighted by Gasteiger charge is -2.06. The molecule has 0 radical (unpaired) electrons. The Hall–Kier alpha value is -3.94. The molecule has 2 heterocycles. The van der Waals surface area contributed by atoms with Gasteiger partial charge in [-0.25, -0.2) is 0 Å². The zero-order chi connectivity index (χ0) is 20.8. The third-order valence-electron chi connectivity index (χ3n) is 4.59. The first-order valence-corrected chi connectivity index (χ1v) is 9.75. The summed E-state index contributed by atoms with van der Waals surface area (Å²) in [6.45, 7) is 3.24. The Morgan fingerprint density at radius 2 is 1.10 bits per heavy atom. The van der Waals surface area contributed by atoms with Crippen molar-refractivity contribution in [1.29, 1.82) is 0 Å². The van der Waals surface area contributed by atoms with Crippen LogP contribution in [0.25, 0.3) is 0 Å². The number of carbonyl (C=O) groups excluding carboxylic acids is 2. The first kappa shape index (κ1) is 19.4. The second kappa shape index (κ2) is 9.04.